The molecule has 1 rings (SSSR count). The van der Waals surface area contributed by atoms with E-state index in [1.54, 1.807) is 12.2 Å². The molecule has 1 fully saturated rings. The highest BCUT2D eigenvalue weighted by atomic mass is 32.2. The van der Waals surface area contributed by atoms with E-state index in [4.69, 9.17) is 9.84 Å². The van der Waals surface area contributed by atoms with E-state index in [9.17, 15) is 9.90 Å². The molecule has 2 unspecified atom stereocenters. The number of carboxylic acids is 1. The van der Waals surface area contributed by atoms with Gasteiger partial charge in [0.1, 0.15) is 11.5 Å². The van der Waals surface area contributed by atoms with Gasteiger partial charge in [-0.25, -0.2) is 4.79 Å². The molecule has 0 radical (unpaired) electrons. The summed E-state index contributed by atoms with van der Waals surface area (Å²) in [6.45, 7) is 6.75. The van der Waals surface area contributed by atoms with Gasteiger partial charge in [-0.15, -0.1) is 24.9 Å². The summed E-state index contributed by atoms with van der Waals surface area (Å²) in [6.07, 6.45) is 4.25. The highest BCUT2D eigenvalue weighted by molar-refractivity contribution is 8.01. The number of thioether (sulfide) groups is 1. The van der Waals surface area contributed by atoms with E-state index in [-0.39, 0.29) is 17.8 Å². The van der Waals surface area contributed by atoms with Crippen LogP contribution in [0.3, 0.4) is 0 Å². The maximum Gasteiger partial charge on any atom is 0.329 e. The van der Waals surface area contributed by atoms with Gasteiger partial charge in [0.05, 0.1) is 6.61 Å². The Morgan fingerprint density at radius 2 is 2.25 bits per heavy atom. The number of hydrogen-bond acceptors (Lipinski definition) is 4. The Morgan fingerprint density at radius 3 is 2.69 bits per heavy atom. The maximum absolute atomic E-state index is 10.5. The van der Waals surface area contributed by atoms with Crippen LogP contribution in [0, 0.1) is 5.92 Å². The third-order valence-electron chi connectivity index (χ3n) is 2.61. The Hall–Kier alpha value is -0.780. The lowest BCUT2D eigenvalue weighted by molar-refractivity contribution is -0.147. The van der Waals surface area contributed by atoms with E-state index in [1.165, 1.54) is 11.8 Å². The van der Waals surface area contributed by atoms with Gasteiger partial charge in [0.25, 0.3) is 0 Å². The zero-order chi connectivity index (χ0) is 12.2. The predicted octanol–water partition coefficient (Wildman–Crippen LogP) is 1.27. The van der Waals surface area contributed by atoms with Gasteiger partial charge >= 0.3 is 5.97 Å². The van der Waals surface area contributed by atoms with Crippen molar-refractivity contribution < 1.29 is 19.7 Å². The molecule has 4 nitrogen and oxygen atoms in total. The lowest BCUT2D eigenvalue weighted by Gasteiger charge is -2.30. The molecule has 1 heterocycles. The highest BCUT2D eigenvalue weighted by Gasteiger charge is 2.47. The Bertz CT molecular complexity index is 292. The molecule has 1 aliphatic rings. The van der Waals surface area contributed by atoms with E-state index in [1.807, 2.05) is 0 Å². The minimum absolute atomic E-state index is 0.0650. The molecular formula is C11H16O4S. The maximum atomic E-state index is 10.5. The van der Waals surface area contributed by atoms with Crippen molar-refractivity contribution >= 4 is 17.7 Å². The molecule has 1 aliphatic heterocycles. The lowest BCUT2D eigenvalue weighted by Crippen LogP contribution is -2.38. The SMILES string of the molecule is C=CC1CC(C=C)[C@](CO)(OCC(=O)O)S1. The zero-order valence-electron chi connectivity index (χ0n) is 8.96. The minimum atomic E-state index is -1.04. The first kappa shape index (κ1) is 13.3. The van der Waals surface area contributed by atoms with Crippen LogP contribution in [0.1, 0.15) is 6.42 Å². The van der Waals surface area contributed by atoms with Gasteiger partial charge in [0.2, 0.25) is 0 Å². The standard InChI is InChI=1S/C11H16O4S/c1-3-8-5-9(4-2)16-11(8,7-12)15-6-10(13)14/h3-4,8-9,12H,1-2,5-7H2,(H,13,14)/t8?,9?,11-/m1/s1. The number of ether oxygens (including phenoxy) is 1. The van der Waals surface area contributed by atoms with Crippen LogP contribution in [0.25, 0.3) is 0 Å². The summed E-state index contributed by atoms with van der Waals surface area (Å²) in [7, 11) is 0. The smallest absolute Gasteiger partial charge is 0.329 e. The molecule has 1 saturated heterocycles. The molecule has 2 N–H and O–H groups in total. The molecule has 0 aromatic carbocycles. The second-order valence-corrected chi connectivity index (χ2v) is 5.15. The summed E-state index contributed by atoms with van der Waals surface area (Å²) in [6, 6.07) is 0. The van der Waals surface area contributed by atoms with Crippen molar-refractivity contribution in [2.24, 2.45) is 5.92 Å². The van der Waals surface area contributed by atoms with E-state index < -0.39 is 17.5 Å². The zero-order valence-corrected chi connectivity index (χ0v) is 9.78. The molecule has 0 aliphatic carbocycles. The number of rotatable bonds is 6. The lowest BCUT2D eigenvalue weighted by atomic mass is 9.97. The number of carbonyl (C=O) groups is 1. The van der Waals surface area contributed by atoms with Crippen LogP contribution in [0.15, 0.2) is 25.3 Å². The molecule has 90 valence electrons. The van der Waals surface area contributed by atoms with E-state index in [0.717, 1.165) is 6.42 Å². The molecule has 0 amide bonds. The van der Waals surface area contributed by atoms with Crippen LogP contribution in [0.2, 0.25) is 0 Å². The van der Waals surface area contributed by atoms with Gasteiger partial charge in [-0.3, -0.25) is 0 Å². The van der Waals surface area contributed by atoms with Crippen LogP contribution in [0.5, 0.6) is 0 Å². The van der Waals surface area contributed by atoms with Gasteiger partial charge in [-0.1, -0.05) is 12.2 Å². The summed E-state index contributed by atoms with van der Waals surface area (Å²) in [5.74, 6) is -1.11. The van der Waals surface area contributed by atoms with Gasteiger partial charge < -0.3 is 14.9 Å². The van der Waals surface area contributed by atoms with E-state index in [0.29, 0.717) is 0 Å². The number of carboxylic acid groups (broad SMARTS) is 1. The van der Waals surface area contributed by atoms with Crippen molar-refractivity contribution in [2.45, 2.75) is 16.6 Å². The molecule has 0 aromatic rings. The quantitative estimate of drug-likeness (QED) is 0.689. The minimum Gasteiger partial charge on any atom is -0.480 e. The molecule has 5 heteroatoms. The largest absolute Gasteiger partial charge is 0.480 e. The van der Waals surface area contributed by atoms with Gasteiger partial charge in [0, 0.05) is 11.2 Å². The fourth-order valence-electron chi connectivity index (χ4n) is 1.77. The number of hydrogen-bond donors (Lipinski definition) is 2. The van der Waals surface area contributed by atoms with Crippen LogP contribution in [-0.4, -0.2) is 39.6 Å². The van der Waals surface area contributed by atoms with Crippen LogP contribution >= 0.6 is 11.8 Å². The molecule has 0 bridgehead atoms. The normalized spacial score (nSPS) is 33.6. The third kappa shape index (κ3) is 2.66. The topological polar surface area (TPSA) is 66.8 Å². The number of aliphatic hydroxyl groups is 1. The van der Waals surface area contributed by atoms with Crippen LogP contribution < -0.4 is 0 Å². The van der Waals surface area contributed by atoms with Crippen molar-refractivity contribution in [3.63, 3.8) is 0 Å². The monoisotopic (exact) mass is 244 g/mol. The fourth-order valence-corrected chi connectivity index (χ4v) is 3.25. The summed E-state index contributed by atoms with van der Waals surface area (Å²) >= 11 is 1.41. The second-order valence-electron chi connectivity index (χ2n) is 3.62. The molecular weight excluding hydrogens is 228 g/mol. The van der Waals surface area contributed by atoms with Crippen molar-refractivity contribution in [3.8, 4) is 0 Å². The van der Waals surface area contributed by atoms with Gasteiger partial charge in [-0.2, -0.15) is 0 Å². The third-order valence-corrected chi connectivity index (χ3v) is 4.25. The van der Waals surface area contributed by atoms with Crippen molar-refractivity contribution in [2.75, 3.05) is 13.2 Å². The Kier molecular flexibility index (Phi) is 4.58. The number of aliphatic carboxylic acids is 1. The van der Waals surface area contributed by atoms with E-state index in [2.05, 4.69) is 13.2 Å². The molecule has 16 heavy (non-hydrogen) atoms. The van der Waals surface area contributed by atoms with Crippen molar-refractivity contribution in [1.82, 2.24) is 0 Å². The van der Waals surface area contributed by atoms with Crippen molar-refractivity contribution in [3.05, 3.63) is 25.3 Å². The number of aliphatic hydroxyl groups excluding tert-OH is 1. The molecule has 0 spiro atoms. The summed E-state index contributed by atoms with van der Waals surface area (Å²) in [5, 5.41) is 18.2. The van der Waals surface area contributed by atoms with Crippen LogP contribution in [-0.2, 0) is 9.53 Å². The molecule has 0 saturated carbocycles. The summed E-state index contributed by atoms with van der Waals surface area (Å²) < 4.78 is 5.33. The Labute approximate surface area is 99.0 Å². The first-order chi connectivity index (χ1) is 7.57. The molecule has 3 atom stereocenters. The average Bonchev–Trinajstić information content (AvgIpc) is 2.65. The van der Waals surface area contributed by atoms with Crippen LogP contribution in [0.4, 0.5) is 0 Å². The average molecular weight is 244 g/mol. The Morgan fingerprint density at radius 1 is 1.56 bits per heavy atom. The predicted molar refractivity (Wildman–Crippen MR) is 63.3 cm³/mol. The van der Waals surface area contributed by atoms with E-state index >= 15 is 0 Å². The Balaban J connectivity index is 2.78. The molecule has 0 aromatic heterocycles. The highest BCUT2D eigenvalue weighted by Crippen LogP contribution is 2.49. The second kappa shape index (κ2) is 5.52. The van der Waals surface area contributed by atoms with Gasteiger partial charge in [0.15, 0.2) is 0 Å². The summed E-state index contributed by atoms with van der Waals surface area (Å²) in [5.41, 5.74) is 0. The van der Waals surface area contributed by atoms with Gasteiger partial charge in [-0.05, 0) is 6.42 Å². The first-order valence-electron chi connectivity index (χ1n) is 4.97. The fraction of sp³-hybridized carbons (Fsp3) is 0.545. The first-order valence-corrected chi connectivity index (χ1v) is 5.85. The summed E-state index contributed by atoms with van der Waals surface area (Å²) in [4.78, 5) is 9.61. The van der Waals surface area contributed by atoms with Crippen molar-refractivity contribution in [1.29, 1.82) is 0 Å².